The van der Waals surface area contributed by atoms with Gasteiger partial charge in [0.1, 0.15) is 16.0 Å². The van der Waals surface area contributed by atoms with Crippen LogP contribution in [0.5, 0.6) is 0 Å². The summed E-state index contributed by atoms with van der Waals surface area (Å²) >= 11 is 5.59. The molecule has 0 saturated carbocycles. The van der Waals surface area contributed by atoms with E-state index in [1.807, 2.05) is 0 Å². The van der Waals surface area contributed by atoms with Crippen molar-refractivity contribution in [1.82, 2.24) is 0 Å². The van der Waals surface area contributed by atoms with Crippen LogP contribution in [-0.4, -0.2) is 18.8 Å². The summed E-state index contributed by atoms with van der Waals surface area (Å²) in [6.45, 7) is 0. The quantitative estimate of drug-likeness (QED) is 0.505. The van der Waals surface area contributed by atoms with E-state index in [9.17, 15) is 13.0 Å². The van der Waals surface area contributed by atoms with Gasteiger partial charge in [-0.25, -0.2) is 8.42 Å². The van der Waals surface area contributed by atoms with E-state index in [1.54, 1.807) is 24.3 Å². The molecule has 0 radical (unpaired) electrons. The normalized spacial score (nSPS) is 10.4. The Bertz CT molecular complexity index is 378. The summed E-state index contributed by atoms with van der Waals surface area (Å²) in [7, 11) is -4.23. The van der Waals surface area contributed by atoms with Gasteiger partial charge in [0.25, 0.3) is 0 Å². The Labute approximate surface area is 110 Å². The first kappa shape index (κ1) is 14.2. The van der Waals surface area contributed by atoms with E-state index in [2.05, 4.69) is 5.32 Å². The average molecular weight is 244 g/mol. The molecule has 0 heterocycles. The Hall–Kier alpha value is 0.220. The number of hydrogen-bond donors (Lipinski definition) is 1. The van der Waals surface area contributed by atoms with Crippen LogP contribution in [0.2, 0.25) is 5.02 Å². The third-order valence-electron chi connectivity index (χ3n) is 1.30. The van der Waals surface area contributed by atoms with Gasteiger partial charge in [-0.3, -0.25) is 0 Å². The smallest absolute Gasteiger partial charge is 0.747 e. The first-order valence-corrected chi connectivity index (χ1v) is 5.36. The molecule has 0 aromatic heterocycles. The third kappa shape index (κ3) is 5.85. The van der Waals surface area contributed by atoms with Crippen LogP contribution in [0.15, 0.2) is 24.3 Å². The van der Waals surface area contributed by atoms with Crippen LogP contribution in [-0.2, 0) is 10.1 Å². The second-order valence-corrected chi connectivity index (χ2v) is 4.23. The van der Waals surface area contributed by atoms with Gasteiger partial charge in [0.05, 0.1) is 0 Å². The zero-order valence-corrected chi connectivity index (χ0v) is 11.1. The van der Waals surface area contributed by atoms with Crippen molar-refractivity contribution in [2.75, 3.05) is 11.2 Å². The van der Waals surface area contributed by atoms with Gasteiger partial charge in [-0.1, -0.05) is 11.6 Å². The van der Waals surface area contributed by atoms with Gasteiger partial charge in [0.2, 0.25) is 0 Å². The molecule has 0 atom stereocenters. The fraction of sp³-hybridized carbons (Fsp3) is 0.143. The first-order chi connectivity index (χ1) is 5.97. The van der Waals surface area contributed by atoms with Crippen molar-refractivity contribution in [2.24, 2.45) is 0 Å². The van der Waals surface area contributed by atoms with Gasteiger partial charge >= 0.3 is 29.6 Å². The molecule has 0 spiro atoms. The standard InChI is InChI=1S/C7H8ClNO3S.Na/c8-6-1-3-7(4-2-6)9-5-13(10,11)12;/h1-4,9H,5H2,(H,10,11,12);/q;+1/p-1. The molecule has 1 rings (SSSR count). The van der Waals surface area contributed by atoms with Gasteiger partial charge in [0.15, 0.2) is 0 Å². The first-order valence-electron chi connectivity index (χ1n) is 3.40. The van der Waals surface area contributed by atoms with E-state index in [-0.39, 0.29) is 29.6 Å². The minimum atomic E-state index is -4.23. The molecule has 0 aliphatic rings. The van der Waals surface area contributed by atoms with E-state index in [4.69, 9.17) is 11.6 Å². The zero-order valence-electron chi connectivity index (χ0n) is 7.53. The summed E-state index contributed by atoms with van der Waals surface area (Å²) in [6, 6.07) is 6.38. The third-order valence-corrected chi connectivity index (χ3v) is 2.05. The van der Waals surface area contributed by atoms with Gasteiger partial charge in [-0.15, -0.1) is 0 Å². The molecule has 14 heavy (non-hydrogen) atoms. The number of halogens is 1. The molecule has 0 bridgehead atoms. The fourth-order valence-electron chi connectivity index (χ4n) is 0.739. The summed E-state index contributed by atoms with van der Waals surface area (Å²) in [5.74, 6) is -0.616. The maximum absolute atomic E-state index is 10.2. The summed E-state index contributed by atoms with van der Waals surface area (Å²) in [6.07, 6.45) is 0. The van der Waals surface area contributed by atoms with Crippen molar-refractivity contribution >= 4 is 27.4 Å². The van der Waals surface area contributed by atoms with Crippen molar-refractivity contribution < 1.29 is 42.5 Å². The minimum absolute atomic E-state index is 0. The maximum Gasteiger partial charge on any atom is 1.00 e. The molecule has 4 nitrogen and oxygen atoms in total. The molecule has 7 heteroatoms. The second-order valence-electron chi connectivity index (χ2n) is 2.39. The topological polar surface area (TPSA) is 69.2 Å². The van der Waals surface area contributed by atoms with Crippen molar-refractivity contribution in [3.8, 4) is 0 Å². The molecular formula is C7H7ClNNaO3S. The van der Waals surface area contributed by atoms with Crippen LogP contribution in [0, 0.1) is 0 Å². The number of hydrogen-bond acceptors (Lipinski definition) is 4. The monoisotopic (exact) mass is 243 g/mol. The fourth-order valence-corrected chi connectivity index (χ4v) is 1.21. The molecule has 1 N–H and O–H groups in total. The molecule has 0 aliphatic heterocycles. The van der Waals surface area contributed by atoms with Gasteiger partial charge in [0, 0.05) is 10.7 Å². The average Bonchev–Trinajstić information content (AvgIpc) is 2.02. The van der Waals surface area contributed by atoms with E-state index >= 15 is 0 Å². The number of benzene rings is 1. The van der Waals surface area contributed by atoms with Crippen molar-refractivity contribution in [3.63, 3.8) is 0 Å². The minimum Gasteiger partial charge on any atom is -0.747 e. The van der Waals surface area contributed by atoms with Crippen LogP contribution in [0.4, 0.5) is 5.69 Å². The Morgan fingerprint density at radius 1 is 1.29 bits per heavy atom. The van der Waals surface area contributed by atoms with Crippen LogP contribution < -0.4 is 34.9 Å². The second kappa shape index (κ2) is 5.95. The molecule has 0 amide bonds. The molecule has 0 fully saturated rings. The summed E-state index contributed by atoms with van der Waals surface area (Å²) in [5.41, 5.74) is 0.545. The Morgan fingerprint density at radius 2 is 1.79 bits per heavy atom. The van der Waals surface area contributed by atoms with Crippen molar-refractivity contribution in [1.29, 1.82) is 0 Å². The van der Waals surface area contributed by atoms with Gasteiger partial charge < -0.3 is 9.87 Å². The van der Waals surface area contributed by atoms with Crippen molar-refractivity contribution in [3.05, 3.63) is 29.3 Å². The molecular weight excluding hydrogens is 237 g/mol. The largest absolute Gasteiger partial charge is 1.00 e. The van der Waals surface area contributed by atoms with E-state index < -0.39 is 16.0 Å². The van der Waals surface area contributed by atoms with Gasteiger partial charge in [-0.05, 0) is 24.3 Å². The van der Waals surface area contributed by atoms with Crippen LogP contribution in [0.25, 0.3) is 0 Å². The number of nitrogens with one attached hydrogen (secondary N) is 1. The zero-order chi connectivity index (χ0) is 9.90. The van der Waals surface area contributed by atoms with E-state index in [1.165, 1.54) is 0 Å². The molecule has 0 unspecified atom stereocenters. The molecule has 1 aromatic carbocycles. The van der Waals surface area contributed by atoms with Crippen LogP contribution in [0.3, 0.4) is 0 Å². The SMILES string of the molecule is O=S(=O)([O-])CNc1ccc(Cl)cc1.[Na+]. The predicted molar refractivity (Wildman–Crippen MR) is 49.6 cm³/mol. The summed E-state index contributed by atoms with van der Waals surface area (Å²) in [4.78, 5) is 0. The maximum atomic E-state index is 10.2. The van der Waals surface area contributed by atoms with Crippen LogP contribution >= 0.6 is 11.6 Å². The summed E-state index contributed by atoms with van der Waals surface area (Å²) < 4.78 is 30.7. The van der Waals surface area contributed by atoms with E-state index in [0.717, 1.165) is 0 Å². The van der Waals surface area contributed by atoms with Crippen LogP contribution in [0.1, 0.15) is 0 Å². The van der Waals surface area contributed by atoms with Gasteiger partial charge in [-0.2, -0.15) is 0 Å². The number of rotatable bonds is 3. The summed E-state index contributed by atoms with van der Waals surface area (Å²) in [5, 5.41) is 3.00. The molecule has 1 aromatic rings. The Balaban J connectivity index is 0.00000169. The molecule has 0 saturated heterocycles. The van der Waals surface area contributed by atoms with Crippen molar-refractivity contribution in [2.45, 2.75) is 0 Å². The Morgan fingerprint density at radius 3 is 2.21 bits per heavy atom. The van der Waals surface area contributed by atoms with E-state index in [0.29, 0.717) is 10.7 Å². The predicted octanol–water partition coefficient (Wildman–Crippen LogP) is -1.74. The molecule has 0 aliphatic carbocycles. The Kier molecular flexibility index (Phi) is 6.04. The number of anilines is 1. The molecule has 72 valence electrons.